The van der Waals surface area contributed by atoms with E-state index in [4.69, 9.17) is 0 Å². The number of amidine groups is 1. The molecule has 0 aliphatic carbocycles. The van der Waals surface area contributed by atoms with Gasteiger partial charge in [0.25, 0.3) is 5.91 Å². The molecule has 1 N–H and O–H groups in total. The van der Waals surface area contributed by atoms with Gasteiger partial charge in [0.1, 0.15) is 23.0 Å². The summed E-state index contributed by atoms with van der Waals surface area (Å²) in [6.45, 7) is 1.45. The molecule has 0 radical (unpaired) electrons. The quantitative estimate of drug-likeness (QED) is 0.428. The number of hydrogen-bond acceptors (Lipinski definition) is 6. The molecule has 17 heteroatoms. The van der Waals surface area contributed by atoms with Crippen molar-refractivity contribution in [2.75, 3.05) is 18.1 Å². The van der Waals surface area contributed by atoms with Gasteiger partial charge in [-0.05, 0) is 29.8 Å². The number of nitrogens with one attached hydrogen (secondary N) is 1. The maximum Gasteiger partial charge on any atom is 0.516 e. The fourth-order valence-electron chi connectivity index (χ4n) is 4.02. The fourth-order valence-corrected chi connectivity index (χ4v) is 5.08. The predicted octanol–water partition coefficient (Wildman–Crippen LogP) is 4.36. The highest BCUT2D eigenvalue weighted by atomic mass is 32.2. The zero-order valence-corrected chi connectivity index (χ0v) is 21.6. The number of hydrogen-bond donors (Lipinski definition) is 1. The minimum absolute atomic E-state index is 0.0974. The van der Waals surface area contributed by atoms with Crippen LogP contribution in [-0.2, 0) is 22.7 Å². The Balaban J connectivity index is 1.55. The molecule has 3 aromatic rings. The number of halogens is 7. The summed E-state index contributed by atoms with van der Waals surface area (Å²) in [4.78, 5) is 16.2. The van der Waals surface area contributed by atoms with Crippen LogP contribution in [0.3, 0.4) is 0 Å². The van der Waals surface area contributed by atoms with Gasteiger partial charge in [-0.15, -0.1) is 0 Å². The topological polar surface area (TPSA) is 99.4 Å². The molecule has 0 bridgehead atoms. The Morgan fingerprint density at radius 3 is 2.38 bits per heavy atom. The minimum Gasteiger partial charge on any atom is -0.347 e. The number of nitrogens with zero attached hydrogens (tertiary/aromatic N) is 5. The summed E-state index contributed by atoms with van der Waals surface area (Å²) in [5, 5.41) is 7.26. The number of amides is 1. The number of imidazole rings is 1. The molecular formula is C23H21F7N6O3S. The van der Waals surface area contributed by atoms with Crippen LogP contribution in [0.25, 0.3) is 5.65 Å². The van der Waals surface area contributed by atoms with Crippen LogP contribution < -0.4 is 10.3 Å². The number of carbonyl (C=O) groups is 1. The zero-order chi connectivity index (χ0) is 29.6. The lowest BCUT2D eigenvalue weighted by atomic mass is 10.1. The minimum atomic E-state index is -5.71. The van der Waals surface area contributed by atoms with E-state index in [9.17, 15) is 39.6 Å². The van der Waals surface area contributed by atoms with E-state index in [1.165, 1.54) is 50.4 Å². The first-order chi connectivity index (χ1) is 18.5. The zero-order valence-electron chi connectivity index (χ0n) is 20.8. The van der Waals surface area contributed by atoms with E-state index in [0.29, 0.717) is 0 Å². The van der Waals surface area contributed by atoms with E-state index in [-0.39, 0.29) is 27.7 Å². The Hall–Kier alpha value is -3.89. The number of benzene rings is 1. The lowest BCUT2D eigenvalue weighted by Gasteiger charge is -2.35. The third-order valence-corrected chi connectivity index (χ3v) is 7.38. The average Bonchev–Trinajstić information content (AvgIpc) is 3.27. The van der Waals surface area contributed by atoms with Gasteiger partial charge in [-0.1, -0.05) is 26.0 Å². The van der Waals surface area contributed by atoms with Crippen LogP contribution in [0.2, 0.25) is 0 Å². The molecule has 1 aromatic carbocycles. The Labute approximate surface area is 222 Å². The molecule has 1 amide bonds. The molecule has 0 unspecified atom stereocenters. The molecule has 216 valence electrons. The highest BCUT2D eigenvalue weighted by molar-refractivity contribution is 7.90. The van der Waals surface area contributed by atoms with Gasteiger partial charge in [0.2, 0.25) is 0 Å². The summed E-state index contributed by atoms with van der Waals surface area (Å²) < 4.78 is 120. The van der Waals surface area contributed by atoms with Crippen molar-refractivity contribution in [2.45, 2.75) is 32.1 Å². The number of alkyl halides is 6. The molecule has 2 aromatic heterocycles. The van der Waals surface area contributed by atoms with Crippen molar-refractivity contribution < 1.29 is 43.9 Å². The molecule has 0 saturated heterocycles. The lowest BCUT2D eigenvalue weighted by Crippen LogP contribution is -2.52. The largest absolute Gasteiger partial charge is 0.516 e. The molecule has 0 atom stereocenters. The lowest BCUT2D eigenvalue weighted by molar-refractivity contribution is -0.141. The van der Waals surface area contributed by atoms with Crippen LogP contribution in [0.5, 0.6) is 0 Å². The monoisotopic (exact) mass is 594 g/mol. The summed E-state index contributed by atoms with van der Waals surface area (Å²) in [6.07, 6.45) is -3.67. The molecule has 40 heavy (non-hydrogen) atoms. The number of pyridine rings is 1. The second kappa shape index (κ2) is 10.3. The van der Waals surface area contributed by atoms with Crippen LogP contribution in [0.4, 0.5) is 36.4 Å². The van der Waals surface area contributed by atoms with Crippen LogP contribution >= 0.6 is 0 Å². The summed E-state index contributed by atoms with van der Waals surface area (Å²) in [6, 6.07) is 7.69. The molecular weight excluding hydrogens is 573 g/mol. The van der Waals surface area contributed by atoms with Crippen molar-refractivity contribution in [3.63, 3.8) is 0 Å². The normalized spacial score (nSPS) is 15.1. The van der Waals surface area contributed by atoms with Crippen LogP contribution in [0.15, 0.2) is 47.7 Å². The molecule has 4 rings (SSSR count). The molecule has 0 saturated carbocycles. The smallest absolute Gasteiger partial charge is 0.347 e. The van der Waals surface area contributed by atoms with E-state index in [1.54, 1.807) is 0 Å². The summed E-state index contributed by atoms with van der Waals surface area (Å²) in [5.74, 6) is -3.22. The molecule has 1 aliphatic rings. The van der Waals surface area contributed by atoms with Crippen LogP contribution in [0.1, 0.15) is 35.6 Å². The molecule has 9 nitrogen and oxygen atoms in total. The van der Waals surface area contributed by atoms with Crippen molar-refractivity contribution in [3.05, 3.63) is 65.4 Å². The fraction of sp³-hybridized carbons (Fsp3) is 0.348. The van der Waals surface area contributed by atoms with Crippen LogP contribution in [-0.4, -0.2) is 52.4 Å². The number of fused-ring (bicyclic) bond motifs is 1. The average molecular weight is 595 g/mol. The third-order valence-electron chi connectivity index (χ3n) is 5.85. The van der Waals surface area contributed by atoms with E-state index in [1.807, 2.05) is 0 Å². The first-order valence-corrected chi connectivity index (χ1v) is 13.0. The van der Waals surface area contributed by atoms with Crippen LogP contribution in [0, 0.1) is 11.7 Å². The number of anilines is 1. The standard InChI is InChI=1S/C23H21F7N6O3S/c1-13(2)20-33-35(9-10-36(20)40(38,39)23(28,29)30)16-7-6-14(11-15(16)24)12-31-21(37)18-19(22(25,26)27)32-17-5-3-4-8-34(17)18/h3-8,11,13H,9-10,12H2,1-2H3,(H,31,37). The summed E-state index contributed by atoms with van der Waals surface area (Å²) in [7, 11) is -5.71. The first kappa shape index (κ1) is 29.1. The molecule has 1 aliphatic heterocycles. The van der Waals surface area contributed by atoms with Gasteiger partial charge in [0, 0.05) is 18.7 Å². The number of aromatic nitrogens is 2. The Morgan fingerprint density at radius 1 is 1.07 bits per heavy atom. The summed E-state index contributed by atoms with van der Waals surface area (Å²) >= 11 is 0. The Kier molecular flexibility index (Phi) is 7.46. The van der Waals surface area contributed by atoms with E-state index < -0.39 is 69.7 Å². The maximum absolute atomic E-state index is 15.0. The third kappa shape index (κ3) is 5.41. The molecule has 0 spiro atoms. The number of sulfonamides is 1. The Bertz CT molecular complexity index is 1580. The summed E-state index contributed by atoms with van der Waals surface area (Å²) in [5.41, 5.74) is -7.81. The van der Waals surface area contributed by atoms with E-state index in [2.05, 4.69) is 15.4 Å². The van der Waals surface area contributed by atoms with Crippen molar-refractivity contribution >= 4 is 33.1 Å². The van der Waals surface area contributed by atoms with Gasteiger partial charge >= 0.3 is 21.7 Å². The molecule has 3 heterocycles. The first-order valence-electron chi connectivity index (χ1n) is 11.6. The van der Waals surface area contributed by atoms with Gasteiger partial charge < -0.3 is 5.32 Å². The van der Waals surface area contributed by atoms with Crippen molar-refractivity contribution in [3.8, 4) is 0 Å². The van der Waals surface area contributed by atoms with Gasteiger partial charge in [-0.3, -0.25) is 14.2 Å². The molecule has 0 fully saturated rings. The van der Waals surface area contributed by atoms with E-state index >= 15 is 4.39 Å². The van der Waals surface area contributed by atoms with Crippen molar-refractivity contribution in [1.29, 1.82) is 0 Å². The van der Waals surface area contributed by atoms with Gasteiger partial charge in [0.05, 0.1) is 18.8 Å². The predicted molar refractivity (Wildman–Crippen MR) is 129 cm³/mol. The number of carbonyl (C=O) groups excluding carboxylic acids is 1. The van der Waals surface area contributed by atoms with Gasteiger partial charge in [0.15, 0.2) is 5.69 Å². The maximum atomic E-state index is 15.0. The van der Waals surface area contributed by atoms with Gasteiger partial charge in [-0.2, -0.15) is 39.9 Å². The van der Waals surface area contributed by atoms with Crippen molar-refractivity contribution in [2.24, 2.45) is 11.0 Å². The van der Waals surface area contributed by atoms with E-state index in [0.717, 1.165) is 15.5 Å². The number of rotatable bonds is 6. The second-order valence-electron chi connectivity index (χ2n) is 8.96. The van der Waals surface area contributed by atoms with Gasteiger partial charge in [-0.25, -0.2) is 13.7 Å². The van der Waals surface area contributed by atoms with Crippen molar-refractivity contribution in [1.82, 2.24) is 19.0 Å². The SMILES string of the molecule is CC(C)C1=NN(c2ccc(CNC(=O)c3c(C(F)(F)F)nc4ccccn34)cc2F)CCN1S(=O)(=O)C(F)(F)F. The highest BCUT2D eigenvalue weighted by Crippen LogP contribution is 2.33. The number of hydrazone groups is 1. The highest BCUT2D eigenvalue weighted by Gasteiger charge is 2.52. The second-order valence-corrected chi connectivity index (χ2v) is 10.8. The Morgan fingerprint density at radius 2 is 1.77 bits per heavy atom.